The molecule has 0 bridgehead atoms. The highest BCUT2D eigenvalue weighted by Crippen LogP contribution is 2.44. The van der Waals surface area contributed by atoms with Gasteiger partial charge in [-0.3, -0.25) is 4.79 Å². The summed E-state index contributed by atoms with van der Waals surface area (Å²) in [6.07, 6.45) is 6.63. The first-order chi connectivity index (χ1) is 17.6. The summed E-state index contributed by atoms with van der Waals surface area (Å²) in [6, 6.07) is 3.89. The maximum absolute atomic E-state index is 11.0. The second-order valence-corrected chi connectivity index (χ2v) is 9.71. The molecule has 0 radical (unpaired) electrons. The first-order valence-corrected chi connectivity index (χ1v) is 12.2. The molecule has 3 aromatic rings. The molecule has 1 amide bonds. The summed E-state index contributed by atoms with van der Waals surface area (Å²) in [5.74, 6) is 1.30. The van der Waals surface area contributed by atoms with Crippen LogP contribution < -0.4 is 10.1 Å². The summed E-state index contributed by atoms with van der Waals surface area (Å²) < 4.78 is 31.6. The van der Waals surface area contributed by atoms with E-state index in [0.29, 0.717) is 51.9 Å². The number of anilines is 1. The number of nitrogens with one attached hydrogen (secondary N) is 1. The lowest BCUT2D eigenvalue weighted by atomic mass is 9.89. The molecule has 2 fully saturated rings. The lowest BCUT2D eigenvalue weighted by Crippen LogP contribution is -2.52. The Morgan fingerprint density at radius 2 is 2.11 bits per heavy atom. The smallest absolute Gasteiger partial charge is 0.212 e. The second kappa shape index (κ2) is 9.11. The topological polar surface area (TPSA) is 106 Å². The van der Waals surface area contributed by atoms with Gasteiger partial charge in [0.2, 0.25) is 6.41 Å². The van der Waals surface area contributed by atoms with E-state index in [1.54, 1.807) is 13.3 Å². The Morgan fingerprint density at radius 1 is 1.22 bits per heavy atom. The molecule has 10 nitrogen and oxygen atoms in total. The van der Waals surface area contributed by atoms with Gasteiger partial charge in [0.25, 0.3) is 0 Å². The molecule has 3 aliphatic heterocycles. The Labute approximate surface area is 208 Å². The summed E-state index contributed by atoms with van der Waals surface area (Å²) in [5, 5.41) is 3.58. The number of amides is 1. The Morgan fingerprint density at radius 3 is 2.83 bits per heavy atom. The van der Waals surface area contributed by atoms with Crippen LogP contribution in [0.25, 0.3) is 22.2 Å². The van der Waals surface area contributed by atoms with E-state index in [-0.39, 0.29) is 5.60 Å². The van der Waals surface area contributed by atoms with Crippen molar-refractivity contribution in [2.75, 3.05) is 52.1 Å². The monoisotopic (exact) mass is 494 g/mol. The standard InChI is InChI=1S/C26H30N4O6/c1-30-12-19(18-9-23(28-16-31)27-11-21(18)30)20-10-22(35-8-4-25(32-2)13-34-14-25)17-3-6-36-26(24(17)29-20)5-7-33-15-26/h9-12,16H,3-8,13-15H2,1-2H3,(H,27,28,31). The zero-order chi connectivity index (χ0) is 24.8. The van der Waals surface area contributed by atoms with E-state index in [0.717, 1.165) is 58.4 Å². The number of fused-ring (bicyclic) bond motifs is 3. The van der Waals surface area contributed by atoms with Crippen molar-refractivity contribution in [3.8, 4) is 17.0 Å². The van der Waals surface area contributed by atoms with E-state index in [9.17, 15) is 4.79 Å². The highest BCUT2D eigenvalue weighted by Gasteiger charge is 2.45. The number of ether oxygens (including phenoxy) is 5. The van der Waals surface area contributed by atoms with Crippen molar-refractivity contribution in [2.24, 2.45) is 7.05 Å². The summed E-state index contributed by atoms with van der Waals surface area (Å²) in [6.45, 7) is 3.39. The Balaban J connectivity index is 1.44. The third-order valence-corrected chi connectivity index (χ3v) is 7.57. The third-order valence-electron chi connectivity index (χ3n) is 7.57. The lowest BCUT2D eigenvalue weighted by Gasteiger charge is -2.40. The minimum Gasteiger partial charge on any atom is -0.493 e. The van der Waals surface area contributed by atoms with Crippen LogP contribution >= 0.6 is 0 Å². The fourth-order valence-electron chi connectivity index (χ4n) is 5.36. The Hall–Kier alpha value is -3.05. The number of methoxy groups -OCH3 is 1. The van der Waals surface area contributed by atoms with Gasteiger partial charge in [0, 0.05) is 68.8 Å². The first kappa shape index (κ1) is 23.4. The summed E-state index contributed by atoms with van der Waals surface area (Å²) >= 11 is 0. The second-order valence-electron chi connectivity index (χ2n) is 9.71. The van der Waals surface area contributed by atoms with Gasteiger partial charge in [0.1, 0.15) is 22.8 Å². The number of hydrogen-bond acceptors (Lipinski definition) is 8. The predicted octanol–water partition coefficient (Wildman–Crippen LogP) is 2.58. The van der Waals surface area contributed by atoms with Gasteiger partial charge in [-0.15, -0.1) is 0 Å². The van der Waals surface area contributed by atoms with Crippen molar-refractivity contribution in [1.29, 1.82) is 0 Å². The van der Waals surface area contributed by atoms with Gasteiger partial charge in [0.05, 0.1) is 56.1 Å². The fourth-order valence-corrected chi connectivity index (χ4v) is 5.36. The molecular weight excluding hydrogens is 464 g/mol. The first-order valence-electron chi connectivity index (χ1n) is 12.2. The van der Waals surface area contributed by atoms with Gasteiger partial charge in [-0.25, -0.2) is 9.97 Å². The number of nitrogens with zero attached hydrogens (tertiary/aromatic N) is 3. The number of hydrogen-bond donors (Lipinski definition) is 1. The van der Waals surface area contributed by atoms with E-state index < -0.39 is 5.60 Å². The zero-order valence-electron chi connectivity index (χ0n) is 20.5. The van der Waals surface area contributed by atoms with E-state index in [4.69, 9.17) is 28.7 Å². The van der Waals surface area contributed by atoms with Gasteiger partial charge in [-0.1, -0.05) is 0 Å². The van der Waals surface area contributed by atoms with Crippen LogP contribution in [0.5, 0.6) is 5.75 Å². The molecule has 1 unspecified atom stereocenters. The molecular formula is C26H30N4O6. The van der Waals surface area contributed by atoms with Crippen LogP contribution in [0.3, 0.4) is 0 Å². The number of rotatable bonds is 8. The molecule has 1 spiro atoms. The van der Waals surface area contributed by atoms with E-state index >= 15 is 0 Å². The Bertz CT molecular complexity index is 1290. The highest BCUT2D eigenvalue weighted by atomic mass is 16.6. The summed E-state index contributed by atoms with van der Waals surface area (Å²) in [7, 11) is 3.69. The molecule has 6 rings (SSSR count). The van der Waals surface area contributed by atoms with Gasteiger partial charge in [0.15, 0.2) is 0 Å². The predicted molar refractivity (Wildman–Crippen MR) is 131 cm³/mol. The normalized spacial score (nSPS) is 22.4. The van der Waals surface area contributed by atoms with Crippen LogP contribution in [-0.2, 0) is 42.8 Å². The average molecular weight is 495 g/mol. The van der Waals surface area contributed by atoms with E-state index in [1.165, 1.54) is 0 Å². The lowest BCUT2D eigenvalue weighted by molar-refractivity contribution is -0.201. The minimum absolute atomic E-state index is 0.274. The Kier molecular flexibility index (Phi) is 5.91. The van der Waals surface area contributed by atoms with Crippen molar-refractivity contribution >= 4 is 23.1 Å². The molecule has 2 saturated heterocycles. The highest BCUT2D eigenvalue weighted by molar-refractivity contribution is 5.97. The van der Waals surface area contributed by atoms with Crippen LogP contribution in [0, 0.1) is 0 Å². The van der Waals surface area contributed by atoms with Crippen LogP contribution in [0.15, 0.2) is 24.5 Å². The van der Waals surface area contributed by atoms with Gasteiger partial charge in [-0.05, 0) is 6.07 Å². The van der Waals surface area contributed by atoms with Crippen molar-refractivity contribution in [1.82, 2.24) is 14.5 Å². The van der Waals surface area contributed by atoms with Crippen LogP contribution in [-0.4, -0.2) is 73.3 Å². The maximum Gasteiger partial charge on any atom is 0.212 e. The van der Waals surface area contributed by atoms with Crippen molar-refractivity contribution < 1.29 is 28.5 Å². The molecule has 0 saturated carbocycles. The molecule has 1 N–H and O–H groups in total. The van der Waals surface area contributed by atoms with E-state index in [1.807, 2.05) is 29.9 Å². The van der Waals surface area contributed by atoms with E-state index in [2.05, 4.69) is 10.3 Å². The number of pyridine rings is 2. The molecule has 1 atom stereocenters. The average Bonchev–Trinajstić information content (AvgIpc) is 3.46. The minimum atomic E-state index is -0.562. The van der Waals surface area contributed by atoms with Gasteiger partial charge >= 0.3 is 0 Å². The third kappa shape index (κ3) is 3.85. The summed E-state index contributed by atoms with van der Waals surface area (Å²) in [5.41, 5.74) is 3.78. The van der Waals surface area contributed by atoms with Crippen LogP contribution in [0.2, 0.25) is 0 Å². The van der Waals surface area contributed by atoms with Crippen LogP contribution in [0.4, 0.5) is 5.82 Å². The van der Waals surface area contributed by atoms with Crippen molar-refractivity contribution in [3.05, 3.63) is 35.8 Å². The molecule has 0 aliphatic carbocycles. The van der Waals surface area contributed by atoms with Crippen molar-refractivity contribution in [3.63, 3.8) is 0 Å². The quantitative estimate of drug-likeness (QED) is 0.477. The maximum atomic E-state index is 11.0. The SMILES string of the molecule is COC1(CCOc2cc(-c3cn(C)c4cnc(NC=O)cc34)nc3c2CCOC32CCOC2)COC1. The molecule has 10 heteroatoms. The molecule has 6 heterocycles. The zero-order valence-corrected chi connectivity index (χ0v) is 20.5. The number of carbonyl (C=O) groups is 1. The molecule has 0 aromatic carbocycles. The number of aromatic nitrogens is 3. The molecule has 3 aliphatic rings. The molecule has 190 valence electrons. The van der Waals surface area contributed by atoms with Gasteiger partial charge < -0.3 is 33.6 Å². The number of aryl methyl sites for hydroxylation is 1. The number of carbonyl (C=O) groups excluding carboxylic acids is 1. The van der Waals surface area contributed by atoms with Crippen LogP contribution in [0.1, 0.15) is 24.1 Å². The largest absolute Gasteiger partial charge is 0.493 e. The fraction of sp³-hybridized carbons (Fsp3) is 0.500. The molecule has 3 aromatic heterocycles. The van der Waals surface area contributed by atoms with Gasteiger partial charge in [-0.2, -0.15) is 0 Å². The molecule has 36 heavy (non-hydrogen) atoms. The summed E-state index contributed by atoms with van der Waals surface area (Å²) in [4.78, 5) is 20.5. The van der Waals surface area contributed by atoms with Crippen molar-refractivity contribution in [2.45, 2.75) is 30.5 Å².